The van der Waals surface area contributed by atoms with Gasteiger partial charge in [-0.15, -0.1) is 0 Å². The minimum Gasteiger partial charge on any atom is -0.367 e. The van der Waals surface area contributed by atoms with Crippen molar-refractivity contribution in [1.29, 1.82) is 5.26 Å². The minimum atomic E-state index is -3.53. The molecule has 1 aliphatic rings. The highest BCUT2D eigenvalue weighted by Gasteiger charge is 2.20. The number of H-pyrrole nitrogens is 1. The smallest absolute Gasteiger partial charge is 0.232 e. The van der Waals surface area contributed by atoms with Gasteiger partial charge in [0.05, 0.1) is 34.3 Å². The van der Waals surface area contributed by atoms with E-state index in [4.69, 9.17) is 0 Å². The minimum absolute atomic E-state index is 0.164. The van der Waals surface area contributed by atoms with E-state index in [2.05, 4.69) is 36.6 Å². The number of sulfonamides is 1. The number of para-hydroxylation sites is 2. The van der Waals surface area contributed by atoms with Crippen molar-refractivity contribution in [1.82, 2.24) is 19.9 Å². The third-order valence-corrected chi connectivity index (χ3v) is 7.89. The van der Waals surface area contributed by atoms with Crippen molar-refractivity contribution in [2.75, 3.05) is 66.4 Å². The number of anilines is 6. The van der Waals surface area contributed by atoms with E-state index < -0.39 is 10.0 Å². The molecule has 0 radical (unpaired) electrons. The Morgan fingerprint density at radius 1 is 1.10 bits per heavy atom. The lowest BCUT2D eigenvalue weighted by atomic mass is 10.2. The first-order valence-electron chi connectivity index (χ1n) is 12.2. The fourth-order valence-corrected chi connectivity index (χ4v) is 4.96. The molecular weight excluding hydrogens is 521 g/mol. The van der Waals surface area contributed by atoms with E-state index in [-0.39, 0.29) is 17.6 Å². The number of halogens is 1. The first-order valence-corrected chi connectivity index (χ1v) is 14.1. The van der Waals surface area contributed by atoms with E-state index in [1.165, 1.54) is 19.3 Å². The molecule has 0 bridgehead atoms. The molecule has 0 unspecified atom stereocenters. The maximum atomic E-state index is 15.1. The summed E-state index contributed by atoms with van der Waals surface area (Å²) < 4.78 is 40.6. The van der Waals surface area contributed by atoms with Crippen LogP contribution in [-0.2, 0) is 10.0 Å². The number of benzene rings is 2. The summed E-state index contributed by atoms with van der Waals surface area (Å²) in [5, 5.41) is 16.3. The molecule has 5 rings (SSSR count). The van der Waals surface area contributed by atoms with Crippen molar-refractivity contribution < 1.29 is 12.8 Å². The number of likely N-dealkylation sites (N-methyl/N-ethyl adjacent to an activating group) is 1. The zero-order valence-electron chi connectivity index (χ0n) is 21.7. The van der Waals surface area contributed by atoms with Crippen LogP contribution in [0.3, 0.4) is 0 Å². The lowest BCUT2D eigenvalue weighted by Gasteiger charge is -2.34. The standard InChI is InChI=1S/C26H28FN9O2S/c1-34-10-12-36(13-11-34)21-9-8-18(14-19(21)27)30-26-32-24-23(17(15-28)16-29-24)25(33-26)31-20-6-4-5-7-22(20)35(2)39(3,37)38/h4-9,14,16H,10-13H2,1-3H3,(H3,29,30,31,32,33). The number of nitrogens with zero attached hydrogens (tertiary/aromatic N) is 6. The molecule has 39 heavy (non-hydrogen) atoms. The highest BCUT2D eigenvalue weighted by Crippen LogP contribution is 2.34. The quantitative estimate of drug-likeness (QED) is 0.316. The predicted molar refractivity (Wildman–Crippen MR) is 151 cm³/mol. The highest BCUT2D eigenvalue weighted by atomic mass is 32.2. The molecule has 0 aliphatic carbocycles. The monoisotopic (exact) mass is 549 g/mol. The van der Waals surface area contributed by atoms with Gasteiger partial charge in [0, 0.05) is 45.1 Å². The number of piperazine rings is 1. The van der Waals surface area contributed by atoms with E-state index in [1.54, 1.807) is 36.4 Å². The van der Waals surface area contributed by atoms with E-state index in [1.807, 2.05) is 11.9 Å². The second-order valence-corrected chi connectivity index (χ2v) is 11.4. The van der Waals surface area contributed by atoms with E-state index in [9.17, 15) is 13.7 Å². The van der Waals surface area contributed by atoms with Gasteiger partial charge in [0.1, 0.15) is 23.4 Å². The molecule has 202 valence electrons. The van der Waals surface area contributed by atoms with Crippen molar-refractivity contribution in [3.63, 3.8) is 0 Å². The Morgan fingerprint density at radius 2 is 1.85 bits per heavy atom. The van der Waals surface area contributed by atoms with E-state index in [0.717, 1.165) is 36.7 Å². The molecule has 1 fully saturated rings. The van der Waals surface area contributed by atoms with Crippen LogP contribution in [0.15, 0.2) is 48.7 Å². The van der Waals surface area contributed by atoms with Gasteiger partial charge in [-0.05, 0) is 37.4 Å². The van der Waals surface area contributed by atoms with Gasteiger partial charge in [-0.2, -0.15) is 15.2 Å². The van der Waals surface area contributed by atoms with Crippen LogP contribution in [0.1, 0.15) is 5.56 Å². The molecule has 1 saturated heterocycles. The molecule has 11 nitrogen and oxygen atoms in total. The number of nitrogens with one attached hydrogen (secondary N) is 3. The Bertz CT molecular complexity index is 1670. The number of aromatic amines is 1. The van der Waals surface area contributed by atoms with Crippen molar-refractivity contribution in [2.24, 2.45) is 0 Å². The normalized spacial score (nSPS) is 14.3. The Balaban J connectivity index is 1.49. The molecule has 0 amide bonds. The van der Waals surface area contributed by atoms with Crippen molar-refractivity contribution in [2.45, 2.75) is 0 Å². The molecule has 0 atom stereocenters. The maximum absolute atomic E-state index is 15.1. The number of aromatic nitrogens is 3. The molecule has 4 aromatic rings. The first-order chi connectivity index (χ1) is 18.6. The summed E-state index contributed by atoms with van der Waals surface area (Å²) in [6, 6.07) is 13.9. The van der Waals surface area contributed by atoms with Crippen molar-refractivity contribution in [3.8, 4) is 6.07 Å². The summed E-state index contributed by atoms with van der Waals surface area (Å²) in [7, 11) is -0.0316. The molecule has 2 aromatic carbocycles. The molecular formula is C26H28FN9O2S. The molecule has 2 aromatic heterocycles. The van der Waals surface area contributed by atoms with Gasteiger partial charge < -0.3 is 25.4 Å². The number of hydrogen-bond donors (Lipinski definition) is 3. The van der Waals surface area contributed by atoms with Crippen LogP contribution in [0.25, 0.3) is 11.0 Å². The predicted octanol–water partition coefficient (Wildman–Crippen LogP) is 3.60. The van der Waals surface area contributed by atoms with E-state index in [0.29, 0.717) is 39.3 Å². The summed E-state index contributed by atoms with van der Waals surface area (Å²) in [4.78, 5) is 16.3. The van der Waals surface area contributed by atoms with Crippen molar-refractivity contribution >= 4 is 55.6 Å². The van der Waals surface area contributed by atoms with Gasteiger partial charge in [0.25, 0.3) is 0 Å². The van der Waals surface area contributed by atoms with Crippen LogP contribution in [0.5, 0.6) is 0 Å². The van der Waals surface area contributed by atoms with Crippen LogP contribution in [0.2, 0.25) is 0 Å². The number of hydrogen-bond acceptors (Lipinski definition) is 9. The third-order valence-electron chi connectivity index (χ3n) is 6.69. The lowest BCUT2D eigenvalue weighted by molar-refractivity contribution is 0.311. The van der Waals surface area contributed by atoms with Gasteiger partial charge in [-0.3, -0.25) is 4.31 Å². The van der Waals surface area contributed by atoms with Crippen LogP contribution >= 0.6 is 0 Å². The van der Waals surface area contributed by atoms with Gasteiger partial charge in [-0.1, -0.05) is 12.1 Å². The van der Waals surface area contributed by atoms with E-state index >= 15 is 4.39 Å². The zero-order valence-corrected chi connectivity index (χ0v) is 22.5. The Hall–Kier alpha value is -4.41. The largest absolute Gasteiger partial charge is 0.367 e. The Labute approximate surface area is 225 Å². The molecule has 0 spiro atoms. The zero-order chi connectivity index (χ0) is 27.7. The summed E-state index contributed by atoms with van der Waals surface area (Å²) >= 11 is 0. The fraction of sp³-hybridized carbons (Fsp3) is 0.269. The molecule has 1 aliphatic heterocycles. The first kappa shape index (κ1) is 26.2. The SMILES string of the molecule is CN1CCN(c2ccc(Nc3nc(Nc4ccccc4N(C)S(C)(=O)=O)c4c(C#N)c[nH]c4n3)cc2F)CC1. The van der Waals surface area contributed by atoms with Gasteiger partial charge >= 0.3 is 0 Å². The van der Waals surface area contributed by atoms with Gasteiger partial charge in [0.2, 0.25) is 16.0 Å². The fourth-order valence-electron chi connectivity index (χ4n) is 4.45. The summed E-state index contributed by atoms with van der Waals surface area (Å²) in [5.74, 6) is 0.0922. The number of rotatable bonds is 7. The maximum Gasteiger partial charge on any atom is 0.232 e. The van der Waals surface area contributed by atoms with Gasteiger partial charge in [-0.25, -0.2) is 12.8 Å². The van der Waals surface area contributed by atoms with Crippen LogP contribution in [0.4, 0.5) is 38.9 Å². The average Bonchev–Trinajstić information content (AvgIpc) is 3.32. The van der Waals surface area contributed by atoms with Crippen LogP contribution < -0.4 is 19.8 Å². The van der Waals surface area contributed by atoms with Gasteiger partial charge in [0.15, 0.2) is 0 Å². The highest BCUT2D eigenvalue weighted by molar-refractivity contribution is 7.92. The van der Waals surface area contributed by atoms with Crippen LogP contribution in [0, 0.1) is 17.1 Å². The molecule has 0 saturated carbocycles. The summed E-state index contributed by atoms with van der Waals surface area (Å²) in [5.41, 5.74) is 2.56. The molecule has 3 N–H and O–H groups in total. The number of nitriles is 1. The van der Waals surface area contributed by atoms with Crippen molar-refractivity contribution in [3.05, 3.63) is 60.0 Å². The second-order valence-electron chi connectivity index (χ2n) is 9.39. The topological polar surface area (TPSA) is 133 Å². The second kappa shape index (κ2) is 10.4. The summed E-state index contributed by atoms with van der Waals surface area (Å²) in [6.07, 6.45) is 2.64. The average molecular weight is 550 g/mol. The number of fused-ring (bicyclic) bond motifs is 1. The Kier molecular flexibility index (Phi) is 6.98. The molecule has 3 heterocycles. The summed E-state index contributed by atoms with van der Waals surface area (Å²) in [6.45, 7) is 3.23. The lowest BCUT2D eigenvalue weighted by Crippen LogP contribution is -2.44. The third kappa shape index (κ3) is 5.43. The Morgan fingerprint density at radius 3 is 2.54 bits per heavy atom. The van der Waals surface area contributed by atoms with Crippen LogP contribution in [-0.4, -0.2) is 74.8 Å². The molecule has 13 heteroatoms.